The molecule has 1 aliphatic heterocycles. The highest BCUT2D eigenvalue weighted by atomic mass is 16.5. The molecule has 16 heavy (non-hydrogen) atoms. The topological polar surface area (TPSA) is 32.7 Å². The van der Waals surface area contributed by atoms with Gasteiger partial charge in [0.15, 0.2) is 0 Å². The zero-order valence-corrected chi connectivity index (χ0v) is 9.94. The summed E-state index contributed by atoms with van der Waals surface area (Å²) >= 11 is 0. The average Bonchev–Trinajstić information content (AvgIpc) is 2.78. The van der Waals surface area contributed by atoms with Crippen molar-refractivity contribution in [1.29, 1.82) is 0 Å². The van der Waals surface area contributed by atoms with Gasteiger partial charge in [-0.25, -0.2) is 0 Å². The van der Waals surface area contributed by atoms with Crippen LogP contribution in [-0.4, -0.2) is 24.5 Å². The Kier molecular flexibility index (Phi) is 3.34. The van der Waals surface area contributed by atoms with Crippen molar-refractivity contribution in [1.82, 2.24) is 0 Å². The summed E-state index contributed by atoms with van der Waals surface area (Å²) in [6.07, 6.45) is 2.43. The van der Waals surface area contributed by atoms with Crippen LogP contribution in [0.3, 0.4) is 0 Å². The van der Waals surface area contributed by atoms with Gasteiger partial charge in [-0.15, -0.1) is 0 Å². The van der Waals surface area contributed by atoms with E-state index in [1.54, 1.807) is 6.07 Å². The minimum atomic E-state index is 0.203. The smallest absolute Gasteiger partial charge is 0.130 e. The van der Waals surface area contributed by atoms with E-state index in [1.807, 2.05) is 19.1 Å². The number of aromatic hydroxyl groups is 1. The highest BCUT2D eigenvalue weighted by Crippen LogP contribution is 2.27. The molecule has 1 atom stereocenters. The molecule has 1 heterocycles. The first-order valence-corrected chi connectivity index (χ1v) is 5.90. The van der Waals surface area contributed by atoms with E-state index >= 15 is 0 Å². The van der Waals surface area contributed by atoms with Gasteiger partial charge in [0.25, 0.3) is 0 Å². The second-order valence-electron chi connectivity index (χ2n) is 4.22. The standard InChI is InChI=1S/C13H19NO2/c1-3-14(13-5-4-8-16-13)11-6-7-12(15)10(2)9-11/h6-7,9,13,15H,3-5,8H2,1-2H3. The van der Waals surface area contributed by atoms with Crippen LogP contribution in [0.1, 0.15) is 25.3 Å². The second-order valence-corrected chi connectivity index (χ2v) is 4.22. The van der Waals surface area contributed by atoms with Crippen molar-refractivity contribution in [3.05, 3.63) is 23.8 Å². The lowest BCUT2D eigenvalue weighted by Crippen LogP contribution is -2.34. The fourth-order valence-corrected chi connectivity index (χ4v) is 2.18. The molecule has 1 fully saturated rings. The molecule has 3 nitrogen and oxygen atoms in total. The highest BCUT2D eigenvalue weighted by molar-refractivity contribution is 5.52. The highest BCUT2D eigenvalue weighted by Gasteiger charge is 2.22. The molecule has 0 saturated carbocycles. The Morgan fingerprint density at radius 3 is 2.88 bits per heavy atom. The average molecular weight is 221 g/mol. The number of benzene rings is 1. The van der Waals surface area contributed by atoms with E-state index in [0.717, 1.165) is 37.2 Å². The zero-order valence-electron chi connectivity index (χ0n) is 9.94. The summed E-state index contributed by atoms with van der Waals surface area (Å²) in [7, 11) is 0. The van der Waals surface area contributed by atoms with Gasteiger partial charge >= 0.3 is 0 Å². The van der Waals surface area contributed by atoms with Gasteiger partial charge in [0.2, 0.25) is 0 Å². The van der Waals surface area contributed by atoms with E-state index in [2.05, 4.69) is 11.8 Å². The molecule has 1 unspecified atom stereocenters. The Morgan fingerprint density at radius 1 is 1.50 bits per heavy atom. The van der Waals surface area contributed by atoms with Gasteiger partial charge < -0.3 is 14.7 Å². The Morgan fingerprint density at radius 2 is 2.31 bits per heavy atom. The number of aryl methyl sites for hydroxylation is 1. The van der Waals surface area contributed by atoms with Crippen LogP contribution in [0.25, 0.3) is 0 Å². The fourth-order valence-electron chi connectivity index (χ4n) is 2.18. The number of hydrogen-bond acceptors (Lipinski definition) is 3. The molecule has 0 bridgehead atoms. The first-order valence-electron chi connectivity index (χ1n) is 5.90. The maximum atomic E-state index is 9.51. The van der Waals surface area contributed by atoms with Gasteiger partial charge in [-0.2, -0.15) is 0 Å². The number of phenols is 1. The van der Waals surface area contributed by atoms with Crippen LogP contribution in [0.2, 0.25) is 0 Å². The van der Waals surface area contributed by atoms with Gasteiger partial charge in [-0.05, 0) is 50.5 Å². The summed E-state index contributed by atoms with van der Waals surface area (Å²) in [5, 5.41) is 9.51. The molecule has 1 aliphatic rings. The molecule has 1 saturated heterocycles. The Balaban J connectivity index is 2.22. The third-order valence-corrected chi connectivity index (χ3v) is 3.11. The van der Waals surface area contributed by atoms with Gasteiger partial charge in [0.1, 0.15) is 12.0 Å². The number of rotatable bonds is 3. The van der Waals surface area contributed by atoms with Gasteiger partial charge in [0.05, 0.1) is 0 Å². The lowest BCUT2D eigenvalue weighted by Gasteiger charge is -2.29. The molecule has 0 aromatic heterocycles. The van der Waals surface area contributed by atoms with Crippen molar-refractivity contribution in [2.45, 2.75) is 32.9 Å². The molecule has 0 amide bonds. The number of ether oxygens (including phenoxy) is 1. The van der Waals surface area contributed by atoms with E-state index in [4.69, 9.17) is 4.74 Å². The molecule has 1 aromatic carbocycles. The first-order chi connectivity index (χ1) is 7.72. The largest absolute Gasteiger partial charge is 0.508 e. The van der Waals surface area contributed by atoms with Crippen molar-refractivity contribution >= 4 is 5.69 Å². The van der Waals surface area contributed by atoms with Crippen molar-refractivity contribution in [2.24, 2.45) is 0 Å². The van der Waals surface area contributed by atoms with Crippen molar-refractivity contribution < 1.29 is 9.84 Å². The lowest BCUT2D eigenvalue weighted by atomic mass is 10.1. The third kappa shape index (κ3) is 2.14. The molecule has 0 radical (unpaired) electrons. The molecule has 3 heteroatoms. The maximum Gasteiger partial charge on any atom is 0.130 e. The van der Waals surface area contributed by atoms with E-state index < -0.39 is 0 Å². The van der Waals surface area contributed by atoms with Gasteiger partial charge in [-0.1, -0.05) is 0 Å². The number of phenolic OH excluding ortho intramolecular Hbond substituents is 1. The monoisotopic (exact) mass is 221 g/mol. The van der Waals surface area contributed by atoms with Crippen molar-refractivity contribution in [3.8, 4) is 5.75 Å². The summed E-state index contributed by atoms with van der Waals surface area (Å²) in [6.45, 7) is 5.83. The first kappa shape index (κ1) is 11.3. The van der Waals surface area contributed by atoms with E-state index in [-0.39, 0.29) is 6.23 Å². The summed E-state index contributed by atoms with van der Waals surface area (Å²) in [5.41, 5.74) is 2.04. The van der Waals surface area contributed by atoms with Crippen LogP contribution < -0.4 is 4.90 Å². The Labute approximate surface area is 96.6 Å². The second kappa shape index (κ2) is 4.74. The molecule has 2 rings (SSSR count). The maximum absolute atomic E-state index is 9.51. The van der Waals surface area contributed by atoms with E-state index in [0.29, 0.717) is 5.75 Å². The third-order valence-electron chi connectivity index (χ3n) is 3.11. The van der Waals surface area contributed by atoms with Crippen LogP contribution in [0.5, 0.6) is 5.75 Å². The minimum Gasteiger partial charge on any atom is -0.508 e. The summed E-state index contributed by atoms with van der Waals surface area (Å²) in [6, 6.07) is 5.72. The summed E-state index contributed by atoms with van der Waals surface area (Å²) in [5.74, 6) is 0.354. The Bertz CT molecular complexity index is 359. The molecule has 0 spiro atoms. The number of nitrogens with zero attached hydrogens (tertiary/aromatic N) is 1. The quantitative estimate of drug-likeness (QED) is 0.851. The SMILES string of the molecule is CCN(c1ccc(O)c(C)c1)C1CCCO1. The van der Waals surface area contributed by atoms with Gasteiger partial charge in [0, 0.05) is 18.8 Å². The minimum absolute atomic E-state index is 0.203. The fraction of sp³-hybridized carbons (Fsp3) is 0.538. The predicted octanol–water partition coefficient (Wildman–Crippen LogP) is 2.66. The summed E-state index contributed by atoms with van der Waals surface area (Å²) < 4.78 is 5.69. The van der Waals surface area contributed by atoms with Crippen LogP contribution in [0, 0.1) is 6.92 Å². The predicted molar refractivity (Wildman–Crippen MR) is 64.8 cm³/mol. The number of hydrogen-bond donors (Lipinski definition) is 1. The normalized spacial score (nSPS) is 20.0. The molecular weight excluding hydrogens is 202 g/mol. The summed E-state index contributed by atoms with van der Waals surface area (Å²) in [4.78, 5) is 2.25. The van der Waals surface area contributed by atoms with E-state index in [1.165, 1.54) is 0 Å². The Hall–Kier alpha value is -1.22. The van der Waals surface area contributed by atoms with E-state index in [9.17, 15) is 5.11 Å². The van der Waals surface area contributed by atoms with Crippen molar-refractivity contribution in [2.75, 3.05) is 18.1 Å². The van der Waals surface area contributed by atoms with Crippen LogP contribution >= 0.6 is 0 Å². The van der Waals surface area contributed by atoms with Crippen LogP contribution in [-0.2, 0) is 4.74 Å². The molecule has 0 aliphatic carbocycles. The molecular formula is C13H19NO2. The van der Waals surface area contributed by atoms with Crippen LogP contribution in [0.15, 0.2) is 18.2 Å². The van der Waals surface area contributed by atoms with Crippen LogP contribution in [0.4, 0.5) is 5.69 Å². The molecule has 1 N–H and O–H groups in total. The lowest BCUT2D eigenvalue weighted by molar-refractivity contribution is 0.108. The molecule has 1 aromatic rings. The zero-order chi connectivity index (χ0) is 11.5. The van der Waals surface area contributed by atoms with Gasteiger partial charge in [-0.3, -0.25) is 0 Å². The van der Waals surface area contributed by atoms with Crippen molar-refractivity contribution in [3.63, 3.8) is 0 Å². The number of anilines is 1. The molecule has 88 valence electrons.